The van der Waals surface area contributed by atoms with Crippen LogP contribution in [0.4, 0.5) is 0 Å². The largest absolute Gasteiger partial charge is 0.420 e. The van der Waals surface area contributed by atoms with E-state index in [0.717, 1.165) is 0 Å². The van der Waals surface area contributed by atoms with Crippen molar-refractivity contribution >= 4 is 33.6 Å². The van der Waals surface area contributed by atoms with Crippen molar-refractivity contribution in [2.24, 2.45) is 0 Å². The average molecular weight is 310 g/mol. The first-order valence-corrected chi connectivity index (χ1v) is 10.2. The molecule has 0 unspecified atom stereocenters. The fourth-order valence-corrected chi connectivity index (χ4v) is 4.14. The van der Waals surface area contributed by atoms with Crippen LogP contribution >= 0.6 is 0 Å². The Balaban J connectivity index is 0.000000165. The summed E-state index contributed by atoms with van der Waals surface area (Å²) in [5, 5.41) is 0. The van der Waals surface area contributed by atoms with Gasteiger partial charge in [0.25, 0.3) is 0 Å². The second kappa shape index (κ2) is 7.12. The van der Waals surface area contributed by atoms with Gasteiger partial charge in [-0.2, -0.15) is 0 Å². The first-order valence-electron chi connectivity index (χ1n) is 4.41. The van der Waals surface area contributed by atoms with Gasteiger partial charge in [-0.3, -0.25) is 0 Å². The maximum atomic E-state index is 10.2. The number of rotatable bonds is 1. The Morgan fingerprint density at radius 2 is 1.57 bits per heavy atom. The summed E-state index contributed by atoms with van der Waals surface area (Å²) in [5.74, 6) is 0. The standard InChI is InChI=1S/C6H5O2S.C4H6.In/c7-9(8)6-4-2-1-3-5-6;1-3-4-2;/h1-5H;3-4H,1-2H2;/q-1;;. The molecule has 0 spiro atoms. The van der Waals surface area contributed by atoms with E-state index in [1.165, 1.54) is 8.35 Å². The van der Waals surface area contributed by atoms with Gasteiger partial charge in [0, 0.05) is 0 Å². The molecule has 2 rings (SSSR count). The van der Waals surface area contributed by atoms with Gasteiger partial charge in [0.05, 0.1) is 0 Å². The fourth-order valence-electron chi connectivity index (χ4n) is 1.01. The van der Waals surface area contributed by atoms with Gasteiger partial charge in [-0.05, 0) is 10.7 Å². The van der Waals surface area contributed by atoms with Crippen LogP contribution < -0.4 is 0 Å². The van der Waals surface area contributed by atoms with E-state index in [1.54, 1.807) is 30.3 Å². The van der Waals surface area contributed by atoms with Gasteiger partial charge in [-0.25, -0.2) is 0 Å². The molecule has 1 aromatic carbocycles. The van der Waals surface area contributed by atoms with Crippen molar-refractivity contribution in [2.75, 3.05) is 0 Å². The molecular weight excluding hydrogens is 299 g/mol. The van der Waals surface area contributed by atoms with Crippen molar-refractivity contribution in [3.05, 3.63) is 42.5 Å². The molecule has 1 heterocycles. The van der Waals surface area contributed by atoms with Gasteiger partial charge >= 0.3 is 43.4 Å². The summed E-state index contributed by atoms with van der Waals surface area (Å²) in [7, 11) is -2.08. The molecule has 1 aromatic rings. The van der Waals surface area contributed by atoms with Crippen molar-refractivity contribution in [2.45, 2.75) is 13.3 Å². The van der Waals surface area contributed by atoms with Gasteiger partial charge < -0.3 is 8.42 Å². The predicted octanol–water partition coefficient (Wildman–Crippen LogP) is 2.45. The molecule has 73 valence electrons. The third kappa shape index (κ3) is 4.86. The fraction of sp³-hybridized carbons (Fsp3) is 0.200. The van der Waals surface area contributed by atoms with Crippen molar-refractivity contribution in [3.8, 4) is 0 Å². The number of benzene rings is 1. The Morgan fingerprint density at radius 1 is 1.00 bits per heavy atom. The summed E-state index contributed by atoms with van der Waals surface area (Å²) in [6.45, 7) is 0. The molecule has 0 N–H and O–H groups in total. The Hall–Kier alpha value is -0.220. The molecule has 0 amide bonds. The zero-order chi connectivity index (χ0) is 10.2. The van der Waals surface area contributed by atoms with Crippen LogP contribution in [0.3, 0.4) is 0 Å². The number of allylic oxidation sites excluding steroid dienone is 2. The summed E-state index contributed by atoms with van der Waals surface area (Å²) in [4.78, 5) is 0.331. The van der Waals surface area contributed by atoms with E-state index in [1.807, 2.05) is 0 Å². The van der Waals surface area contributed by atoms with Gasteiger partial charge in [0.1, 0.15) is 0 Å². The smallest absolute Gasteiger partial charge is 0.0469 e. The Morgan fingerprint density at radius 3 is 1.86 bits per heavy atom. The third-order valence-electron chi connectivity index (χ3n) is 1.71. The van der Waals surface area contributed by atoms with E-state index in [4.69, 9.17) is 0 Å². The van der Waals surface area contributed by atoms with E-state index in [0.29, 0.717) is 4.90 Å². The molecule has 0 atom stereocenters. The molecule has 0 saturated heterocycles. The van der Waals surface area contributed by atoms with Crippen molar-refractivity contribution in [3.63, 3.8) is 0 Å². The van der Waals surface area contributed by atoms with Gasteiger partial charge in [0.15, 0.2) is 0 Å². The molecule has 0 saturated carbocycles. The Labute approximate surface area is 97.3 Å². The second-order valence-corrected chi connectivity index (χ2v) is 8.06. The summed E-state index contributed by atoms with van der Waals surface area (Å²) in [5.41, 5.74) is 0. The van der Waals surface area contributed by atoms with E-state index in [9.17, 15) is 8.42 Å². The van der Waals surface area contributed by atoms with Crippen molar-refractivity contribution < 1.29 is 8.42 Å². The molecule has 14 heavy (non-hydrogen) atoms. The summed E-state index contributed by atoms with van der Waals surface area (Å²) < 4.78 is 23.4. The minimum atomic E-state index is -2.08. The molecule has 0 fully saturated rings. The van der Waals surface area contributed by atoms with Crippen molar-refractivity contribution in [1.82, 2.24) is 0 Å². The zero-order valence-corrected chi connectivity index (χ0v) is 11.9. The van der Waals surface area contributed by atoms with Crippen LogP contribution in [0.5, 0.6) is 0 Å². The first-order chi connectivity index (χ1) is 6.80. The van der Waals surface area contributed by atoms with Gasteiger partial charge in [-0.15, -0.1) is 0 Å². The molecule has 0 aromatic heterocycles. The van der Waals surface area contributed by atoms with Gasteiger partial charge in [0.2, 0.25) is 0 Å². The average Bonchev–Trinajstić information content (AvgIpc) is 2.77. The van der Waals surface area contributed by atoms with Crippen LogP contribution in [0.2, 0.25) is 8.35 Å². The van der Waals surface area contributed by atoms with Crippen LogP contribution in [0.25, 0.3) is 0 Å². The first kappa shape index (κ1) is 11.9. The SMILES string of the molecule is C1=C[CH2][In][CH2]1.O=[S-](=O)c1ccccc1. The van der Waals surface area contributed by atoms with Crippen LogP contribution in [-0.4, -0.2) is 22.9 Å². The molecule has 0 aliphatic carbocycles. The molecular formula is C10H11InO2S-. The molecule has 1 aliphatic heterocycles. The molecule has 1 aliphatic rings. The Kier molecular flexibility index (Phi) is 6.03. The molecule has 2 nitrogen and oxygen atoms in total. The molecule has 1 radical (unpaired) electrons. The normalized spacial score (nSPS) is 13.2. The van der Waals surface area contributed by atoms with Gasteiger partial charge in [-0.1, -0.05) is 35.2 Å². The monoisotopic (exact) mass is 310 g/mol. The zero-order valence-electron chi connectivity index (χ0n) is 7.76. The van der Waals surface area contributed by atoms with Crippen LogP contribution in [0, 0.1) is 0 Å². The maximum Gasteiger partial charge on any atom is -0.0469 e. The molecule has 4 heteroatoms. The number of hydrogen-bond acceptors (Lipinski definition) is 3. The topological polar surface area (TPSA) is 34.1 Å². The quantitative estimate of drug-likeness (QED) is 0.590. The van der Waals surface area contributed by atoms with E-state index >= 15 is 0 Å². The van der Waals surface area contributed by atoms with Crippen molar-refractivity contribution in [1.29, 1.82) is 0 Å². The van der Waals surface area contributed by atoms with E-state index in [-0.39, 0.29) is 22.9 Å². The summed E-state index contributed by atoms with van der Waals surface area (Å²) in [6.07, 6.45) is 4.64. The number of hydrogen-bond donors (Lipinski definition) is 0. The Bertz CT molecular complexity index is 344. The van der Waals surface area contributed by atoms with Crippen LogP contribution in [0.15, 0.2) is 47.4 Å². The maximum absolute atomic E-state index is 10.2. The van der Waals surface area contributed by atoms with E-state index < -0.39 is 10.7 Å². The molecule has 0 bridgehead atoms. The summed E-state index contributed by atoms with van der Waals surface area (Å²) >= 11 is 0.0800. The predicted molar refractivity (Wildman–Crippen MR) is 58.0 cm³/mol. The summed E-state index contributed by atoms with van der Waals surface area (Å²) in [6, 6.07) is 8.23. The van der Waals surface area contributed by atoms with E-state index in [2.05, 4.69) is 12.2 Å². The second-order valence-electron chi connectivity index (χ2n) is 2.78. The minimum Gasteiger partial charge on any atom is -0.420 e. The van der Waals surface area contributed by atoms with Crippen LogP contribution in [-0.2, 0) is 19.1 Å². The third-order valence-corrected chi connectivity index (χ3v) is 5.82. The van der Waals surface area contributed by atoms with Crippen LogP contribution in [0.1, 0.15) is 0 Å². The minimum absolute atomic E-state index is 0.0800.